The maximum Gasteiger partial charge on any atom is 0.323 e. The lowest BCUT2D eigenvalue weighted by Crippen LogP contribution is -2.31. The number of carboxylic acids is 1. The molecule has 0 aliphatic rings. The van der Waals surface area contributed by atoms with Gasteiger partial charge in [-0.25, -0.2) is 4.98 Å². The lowest BCUT2D eigenvalue weighted by atomic mass is 10.3. The summed E-state index contributed by atoms with van der Waals surface area (Å²) < 4.78 is 0. The van der Waals surface area contributed by atoms with Crippen molar-refractivity contribution < 1.29 is 9.90 Å². The van der Waals surface area contributed by atoms with Crippen molar-refractivity contribution in [2.45, 2.75) is 13.3 Å². The topological polar surface area (TPSA) is 77.2 Å². The third kappa shape index (κ3) is 3.24. The largest absolute Gasteiger partial charge is 0.480 e. The molecule has 0 saturated carbocycles. The van der Waals surface area contributed by atoms with Gasteiger partial charge in [-0.15, -0.1) is 0 Å². The molecule has 1 aromatic rings. The van der Waals surface area contributed by atoms with Crippen LogP contribution in [0.5, 0.6) is 0 Å². The molecule has 84 valence electrons. The summed E-state index contributed by atoms with van der Waals surface area (Å²) in [6.07, 6.45) is 2.29. The van der Waals surface area contributed by atoms with Crippen LogP contribution in [-0.2, 0) is 4.79 Å². The van der Waals surface area contributed by atoms with Crippen molar-refractivity contribution in [1.82, 2.24) is 4.98 Å². The lowest BCUT2D eigenvalue weighted by Gasteiger charge is -2.20. The minimum Gasteiger partial charge on any atom is -0.480 e. The Bertz CT molecular complexity index is 395. The molecule has 0 bridgehead atoms. The van der Waals surface area contributed by atoms with E-state index < -0.39 is 5.97 Å². The summed E-state index contributed by atoms with van der Waals surface area (Å²) in [5.74, 6) is -0.303. The van der Waals surface area contributed by atoms with E-state index in [0.717, 1.165) is 6.42 Å². The summed E-state index contributed by atoms with van der Waals surface area (Å²) in [7, 11) is 0. The van der Waals surface area contributed by atoms with Crippen LogP contribution in [0, 0.1) is 11.3 Å². The molecule has 16 heavy (non-hydrogen) atoms. The summed E-state index contributed by atoms with van der Waals surface area (Å²) in [5.41, 5.74) is 0.468. The average Bonchev–Trinajstić information content (AvgIpc) is 2.28. The minimum atomic E-state index is -0.889. The number of hydrogen-bond donors (Lipinski definition) is 1. The number of aromatic nitrogens is 1. The van der Waals surface area contributed by atoms with E-state index >= 15 is 0 Å². The Labute approximate surface area is 93.9 Å². The third-order valence-electron chi connectivity index (χ3n) is 2.02. The van der Waals surface area contributed by atoms with Gasteiger partial charge in [-0.05, 0) is 18.6 Å². The van der Waals surface area contributed by atoms with E-state index in [4.69, 9.17) is 10.4 Å². The van der Waals surface area contributed by atoms with Crippen LogP contribution in [-0.4, -0.2) is 29.1 Å². The molecule has 0 radical (unpaired) electrons. The van der Waals surface area contributed by atoms with Crippen LogP contribution in [0.1, 0.15) is 18.9 Å². The molecule has 1 N–H and O–H groups in total. The van der Waals surface area contributed by atoms with Crippen molar-refractivity contribution in [3.05, 3.63) is 23.9 Å². The van der Waals surface area contributed by atoms with Gasteiger partial charge in [0.05, 0.1) is 5.56 Å². The number of nitriles is 1. The molecule has 0 amide bonds. The SMILES string of the molecule is CCCN(CC(=O)O)c1ccc(C#N)cn1. The van der Waals surface area contributed by atoms with E-state index in [1.54, 1.807) is 17.0 Å². The van der Waals surface area contributed by atoms with Crippen molar-refractivity contribution >= 4 is 11.8 Å². The van der Waals surface area contributed by atoms with E-state index in [1.165, 1.54) is 6.20 Å². The normalized spacial score (nSPS) is 9.50. The fraction of sp³-hybridized carbons (Fsp3) is 0.364. The van der Waals surface area contributed by atoms with E-state index in [9.17, 15) is 4.79 Å². The Kier molecular flexibility index (Phi) is 4.28. The van der Waals surface area contributed by atoms with E-state index in [1.807, 2.05) is 13.0 Å². The van der Waals surface area contributed by atoms with Gasteiger partial charge in [-0.2, -0.15) is 5.26 Å². The van der Waals surface area contributed by atoms with Gasteiger partial charge in [0.15, 0.2) is 0 Å². The smallest absolute Gasteiger partial charge is 0.323 e. The molecular weight excluding hydrogens is 206 g/mol. The Morgan fingerprint density at radius 2 is 2.38 bits per heavy atom. The maximum absolute atomic E-state index is 10.7. The monoisotopic (exact) mass is 219 g/mol. The molecule has 0 unspecified atom stereocenters. The molecule has 1 heterocycles. The van der Waals surface area contributed by atoms with Gasteiger partial charge in [0.2, 0.25) is 0 Å². The first-order chi connectivity index (χ1) is 7.67. The Balaban J connectivity index is 2.84. The molecule has 0 fully saturated rings. The first-order valence-corrected chi connectivity index (χ1v) is 5.00. The number of hydrogen-bond acceptors (Lipinski definition) is 4. The predicted molar refractivity (Wildman–Crippen MR) is 59.1 cm³/mol. The Morgan fingerprint density at radius 1 is 1.62 bits per heavy atom. The second-order valence-electron chi connectivity index (χ2n) is 3.33. The maximum atomic E-state index is 10.7. The molecule has 0 aliphatic heterocycles. The van der Waals surface area contributed by atoms with E-state index in [0.29, 0.717) is 17.9 Å². The van der Waals surface area contributed by atoms with Crippen LogP contribution in [0.4, 0.5) is 5.82 Å². The fourth-order valence-electron chi connectivity index (χ4n) is 1.35. The second-order valence-corrected chi connectivity index (χ2v) is 3.33. The van der Waals surface area contributed by atoms with Gasteiger partial charge in [-0.1, -0.05) is 6.92 Å². The summed E-state index contributed by atoms with van der Waals surface area (Å²) in [6, 6.07) is 5.26. The van der Waals surface area contributed by atoms with Crippen LogP contribution in [0.2, 0.25) is 0 Å². The van der Waals surface area contributed by atoms with E-state index in [-0.39, 0.29) is 6.54 Å². The highest BCUT2D eigenvalue weighted by Crippen LogP contribution is 2.11. The molecule has 5 heteroatoms. The summed E-state index contributed by atoms with van der Waals surface area (Å²) in [6.45, 7) is 2.52. The zero-order valence-electron chi connectivity index (χ0n) is 9.05. The standard InChI is InChI=1S/C11H13N3O2/c1-2-5-14(8-11(15)16)10-4-3-9(6-12)7-13-10/h3-4,7H,2,5,8H2,1H3,(H,15,16). The zero-order chi connectivity index (χ0) is 12.0. The van der Waals surface area contributed by atoms with Gasteiger partial charge in [0.25, 0.3) is 0 Å². The highest BCUT2D eigenvalue weighted by molar-refractivity contribution is 5.73. The molecule has 0 aliphatic carbocycles. The van der Waals surface area contributed by atoms with Crippen molar-refractivity contribution in [3.8, 4) is 6.07 Å². The van der Waals surface area contributed by atoms with Gasteiger partial charge in [0, 0.05) is 12.7 Å². The lowest BCUT2D eigenvalue weighted by molar-refractivity contribution is -0.135. The molecule has 1 rings (SSSR count). The van der Waals surface area contributed by atoms with Crippen molar-refractivity contribution in [1.29, 1.82) is 5.26 Å². The van der Waals surface area contributed by atoms with Gasteiger partial charge in [-0.3, -0.25) is 4.79 Å². The number of rotatable bonds is 5. The number of aliphatic carboxylic acids is 1. The van der Waals surface area contributed by atoms with Crippen molar-refractivity contribution in [2.24, 2.45) is 0 Å². The molecule has 5 nitrogen and oxygen atoms in total. The highest BCUT2D eigenvalue weighted by Gasteiger charge is 2.10. The number of pyridine rings is 1. The summed E-state index contributed by atoms with van der Waals surface area (Å²) >= 11 is 0. The predicted octanol–water partition coefficient (Wildman–Crippen LogP) is 1.25. The van der Waals surface area contributed by atoms with Gasteiger partial charge < -0.3 is 10.0 Å². The quantitative estimate of drug-likeness (QED) is 0.806. The van der Waals surface area contributed by atoms with Crippen LogP contribution in [0.15, 0.2) is 18.3 Å². The number of carbonyl (C=O) groups is 1. The molecule has 0 atom stereocenters. The van der Waals surface area contributed by atoms with Gasteiger partial charge >= 0.3 is 5.97 Å². The number of nitrogens with zero attached hydrogens (tertiary/aromatic N) is 3. The number of carboxylic acid groups (broad SMARTS) is 1. The van der Waals surface area contributed by atoms with Crippen LogP contribution >= 0.6 is 0 Å². The van der Waals surface area contributed by atoms with E-state index in [2.05, 4.69) is 4.98 Å². The average molecular weight is 219 g/mol. The molecule has 0 saturated heterocycles. The second kappa shape index (κ2) is 5.71. The molecule has 0 aromatic carbocycles. The third-order valence-corrected chi connectivity index (χ3v) is 2.02. The Hall–Kier alpha value is -2.09. The first-order valence-electron chi connectivity index (χ1n) is 5.00. The fourth-order valence-corrected chi connectivity index (χ4v) is 1.35. The summed E-state index contributed by atoms with van der Waals surface area (Å²) in [5, 5.41) is 17.4. The first kappa shape index (κ1) is 12.0. The zero-order valence-corrected chi connectivity index (χ0v) is 9.05. The van der Waals surface area contributed by atoms with Crippen LogP contribution < -0.4 is 4.90 Å². The van der Waals surface area contributed by atoms with Crippen molar-refractivity contribution in [2.75, 3.05) is 18.0 Å². The van der Waals surface area contributed by atoms with Crippen molar-refractivity contribution in [3.63, 3.8) is 0 Å². The van der Waals surface area contributed by atoms with Gasteiger partial charge in [0.1, 0.15) is 18.4 Å². The van der Waals surface area contributed by atoms with Crippen LogP contribution in [0.25, 0.3) is 0 Å². The molecule has 1 aromatic heterocycles. The highest BCUT2D eigenvalue weighted by atomic mass is 16.4. The molecule has 0 spiro atoms. The molecular formula is C11H13N3O2. The minimum absolute atomic E-state index is 0.0766. The summed E-state index contributed by atoms with van der Waals surface area (Å²) in [4.78, 5) is 16.4. The Morgan fingerprint density at radius 3 is 2.81 bits per heavy atom. The number of anilines is 1. The van der Waals surface area contributed by atoms with Crippen LogP contribution in [0.3, 0.4) is 0 Å².